The lowest BCUT2D eigenvalue weighted by molar-refractivity contribution is -0.122. The molecular weight excluding hydrogens is 579 g/mol. The molecule has 0 aromatic heterocycles. The number of benzene rings is 2. The molecule has 6 N–H and O–H groups in total. The Hall–Kier alpha value is -3.47. The van der Waals surface area contributed by atoms with Crippen molar-refractivity contribution in [3.8, 4) is 5.75 Å². The van der Waals surface area contributed by atoms with E-state index in [9.17, 15) is 25.5 Å². The van der Waals surface area contributed by atoms with Crippen LogP contribution < -0.4 is 26.4 Å². The molecule has 0 saturated heterocycles. The minimum atomic E-state index is -4.82. The Morgan fingerprint density at radius 1 is 1.18 bits per heavy atom. The average Bonchev–Trinajstić information content (AvgIpc) is 2.79. The van der Waals surface area contributed by atoms with Gasteiger partial charge >= 0.3 is 10.2 Å². The summed E-state index contributed by atoms with van der Waals surface area (Å²) in [5, 5.41) is 2.77. The van der Waals surface area contributed by atoms with E-state index in [0.29, 0.717) is 5.69 Å². The first-order valence-corrected chi connectivity index (χ1v) is 14.5. The third-order valence-corrected chi connectivity index (χ3v) is 6.87. The summed E-state index contributed by atoms with van der Waals surface area (Å²) in [4.78, 5) is 21.8. The van der Waals surface area contributed by atoms with Crippen molar-refractivity contribution in [2.75, 3.05) is 16.0 Å². The lowest BCUT2D eigenvalue weighted by Gasteiger charge is -2.38. The number of hydrogen-bond donors (Lipinski definition) is 4. The van der Waals surface area contributed by atoms with Gasteiger partial charge in [-0.05, 0) is 70.2 Å². The zero-order valence-electron chi connectivity index (χ0n) is 21.3. The fourth-order valence-corrected chi connectivity index (χ4v) is 3.84. The lowest BCUT2D eigenvalue weighted by Crippen LogP contribution is -2.54. The topological polar surface area (TPSA) is 207 Å². The molecule has 2 aromatic carbocycles. The Labute approximate surface area is 230 Å². The molecule has 0 bridgehead atoms. The van der Waals surface area contributed by atoms with Crippen LogP contribution in [0.25, 0.3) is 0 Å². The van der Waals surface area contributed by atoms with Crippen LogP contribution in [0.4, 0.5) is 15.3 Å². The standard InChI is InChI=1S/C20H22ClFN6O4S.C2H6O3S/c1-11(17(29)25-12-4-7-14(8-5-12)33(22,30)31)32-16-9-6-13(10-15(16)21)28-19(24)26-18(23)27-20(28,2)3;1-2-6(3,4)5/h4-11H,1-3H3,(H,25,29)(H4,23,24,26,27);2H2,1H3,(H,3,4,5). The van der Waals surface area contributed by atoms with Gasteiger partial charge in [-0.15, -0.1) is 3.89 Å². The van der Waals surface area contributed by atoms with Crippen molar-refractivity contribution in [2.45, 2.75) is 44.4 Å². The third kappa shape index (κ3) is 9.05. The van der Waals surface area contributed by atoms with E-state index in [0.717, 1.165) is 12.1 Å². The summed E-state index contributed by atoms with van der Waals surface area (Å²) in [5.41, 5.74) is 11.8. The Kier molecular flexibility index (Phi) is 9.89. The average molecular weight is 607 g/mol. The van der Waals surface area contributed by atoms with Gasteiger partial charge < -0.3 is 21.5 Å². The summed E-state index contributed by atoms with van der Waals surface area (Å²) in [6, 6.07) is 9.47. The monoisotopic (exact) mass is 606 g/mol. The number of rotatable bonds is 7. The fourth-order valence-electron chi connectivity index (χ4n) is 3.16. The maximum absolute atomic E-state index is 13.0. The first-order chi connectivity index (χ1) is 17.8. The van der Waals surface area contributed by atoms with Gasteiger partial charge in [-0.3, -0.25) is 14.2 Å². The molecule has 1 heterocycles. The Balaban J connectivity index is 0.000000798. The summed E-state index contributed by atoms with van der Waals surface area (Å²) in [6.07, 6.45) is -0.958. The fraction of sp³-hybridized carbons (Fsp3) is 0.318. The van der Waals surface area contributed by atoms with E-state index >= 15 is 0 Å². The Morgan fingerprint density at radius 3 is 2.21 bits per heavy atom. The predicted molar refractivity (Wildman–Crippen MR) is 147 cm³/mol. The molecule has 13 nitrogen and oxygen atoms in total. The maximum atomic E-state index is 13.0. The molecule has 0 aliphatic carbocycles. The molecule has 1 unspecified atom stereocenters. The van der Waals surface area contributed by atoms with Crippen LogP contribution in [0.15, 0.2) is 57.3 Å². The summed E-state index contributed by atoms with van der Waals surface area (Å²) < 4.78 is 67.3. The second-order valence-electron chi connectivity index (χ2n) is 8.47. The van der Waals surface area contributed by atoms with Gasteiger partial charge in [0.2, 0.25) is 11.9 Å². The third-order valence-electron chi connectivity index (χ3n) is 5.01. The van der Waals surface area contributed by atoms with Crippen LogP contribution in [0.5, 0.6) is 5.75 Å². The first-order valence-electron chi connectivity index (χ1n) is 11.1. The summed E-state index contributed by atoms with van der Waals surface area (Å²) in [5.74, 6) is -0.260. The molecule has 0 fully saturated rings. The van der Waals surface area contributed by atoms with Crippen molar-refractivity contribution in [3.63, 3.8) is 0 Å². The van der Waals surface area contributed by atoms with Crippen molar-refractivity contribution in [1.29, 1.82) is 0 Å². The smallest absolute Gasteiger partial charge is 0.332 e. The molecule has 0 spiro atoms. The normalized spacial score (nSPS) is 15.7. The molecule has 0 saturated carbocycles. The SMILES string of the molecule is CC(Oc1ccc(N2C(N)=NC(N)=NC2(C)C)cc1Cl)C(=O)Nc1ccc(S(=O)(=O)F)cc1.CCS(=O)(=O)O. The van der Waals surface area contributed by atoms with Crippen LogP contribution in [0, 0.1) is 0 Å². The second kappa shape index (κ2) is 12.1. The van der Waals surface area contributed by atoms with E-state index < -0.39 is 42.9 Å². The summed E-state index contributed by atoms with van der Waals surface area (Å²) in [6.45, 7) is 6.49. The number of anilines is 2. The summed E-state index contributed by atoms with van der Waals surface area (Å²) in [7, 11) is -8.48. The van der Waals surface area contributed by atoms with Gasteiger partial charge in [-0.25, -0.2) is 4.99 Å². The molecular formula is C22H28ClFN6O7S2. The number of ether oxygens (including phenoxy) is 1. The highest BCUT2D eigenvalue weighted by Crippen LogP contribution is 2.34. The molecule has 39 heavy (non-hydrogen) atoms. The van der Waals surface area contributed by atoms with Crippen LogP contribution in [0.3, 0.4) is 0 Å². The van der Waals surface area contributed by atoms with E-state index in [2.05, 4.69) is 15.3 Å². The van der Waals surface area contributed by atoms with Crippen molar-refractivity contribution < 1.29 is 34.8 Å². The number of nitrogens with one attached hydrogen (secondary N) is 1. The van der Waals surface area contributed by atoms with Crippen LogP contribution in [0.1, 0.15) is 27.7 Å². The van der Waals surface area contributed by atoms with Gasteiger partial charge in [0.15, 0.2) is 6.10 Å². The number of aliphatic imine (C=N–C) groups is 2. The number of guanidine groups is 2. The van der Waals surface area contributed by atoms with Gasteiger partial charge in [-0.1, -0.05) is 11.6 Å². The van der Waals surface area contributed by atoms with E-state index in [4.69, 9.17) is 32.4 Å². The van der Waals surface area contributed by atoms with Crippen molar-refractivity contribution in [1.82, 2.24) is 0 Å². The number of carbonyl (C=O) groups excluding carboxylic acids is 1. The van der Waals surface area contributed by atoms with Crippen LogP contribution in [0.2, 0.25) is 5.02 Å². The van der Waals surface area contributed by atoms with Crippen LogP contribution in [-0.2, 0) is 25.1 Å². The Morgan fingerprint density at radius 2 is 1.74 bits per heavy atom. The molecule has 0 radical (unpaired) electrons. The number of nitrogens with two attached hydrogens (primary N) is 2. The number of hydrogen-bond acceptors (Lipinski definition) is 11. The van der Waals surface area contributed by atoms with Crippen molar-refractivity contribution in [3.05, 3.63) is 47.5 Å². The number of amides is 1. The number of carbonyl (C=O) groups is 1. The molecule has 1 aliphatic rings. The largest absolute Gasteiger partial charge is 0.479 e. The van der Waals surface area contributed by atoms with Crippen molar-refractivity contribution in [2.24, 2.45) is 21.5 Å². The highest BCUT2D eigenvalue weighted by molar-refractivity contribution is 7.86. The van der Waals surface area contributed by atoms with E-state index in [1.807, 2.05) is 13.8 Å². The molecule has 1 aliphatic heterocycles. The summed E-state index contributed by atoms with van der Waals surface area (Å²) >= 11 is 6.37. The molecule has 3 rings (SSSR count). The van der Waals surface area contributed by atoms with E-state index in [1.165, 1.54) is 26.0 Å². The highest BCUT2D eigenvalue weighted by Gasteiger charge is 2.33. The highest BCUT2D eigenvalue weighted by atomic mass is 35.5. The van der Waals surface area contributed by atoms with E-state index in [-0.39, 0.29) is 34.1 Å². The molecule has 1 amide bonds. The zero-order chi connectivity index (χ0) is 29.8. The first kappa shape index (κ1) is 31.7. The van der Waals surface area contributed by atoms with Gasteiger partial charge in [0.05, 0.1) is 15.7 Å². The molecule has 214 valence electrons. The van der Waals surface area contributed by atoms with E-state index in [1.54, 1.807) is 23.1 Å². The van der Waals surface area contributed by atoms with Gasteiger partial charge in [0.1, 0.15) is 11.4 Å². The maximum Gasteiger partial charge on any atom is 0.332 e. The molecule has 17 heteroatoms. The van der Waals surface area contributed by atoms with Crippen LogP contribution in [-0.4, -0.2) is 56.7 Å². The molecule has 1 atom stereocenters. The number of halogens is 2. The molecule has 2 aromatic rings. The quantitative estimate of drug-likeness (QED) is 0.267. The van der Waals surface area contributed by atoms with Gasteiger partial charge in [-0.2, -0.15) is 21.8 Å². The minimum absolute atomic E-state index is 0.0700. The van der Waals surface area contributed by atoms with Crippen LogP contribution >= 0.6 is 11.6 Å². The lowest BCUT2D eigenvalue weighted by atomic mass is 10.1. The van der Waals surface area contributed by atoms with Gasteiger partial charge in [0.25, 0.3) is 16.0 Å². The van der Waals surface area contributed by atoms with Gasteiger partial charge in [0, 0.05) is 11.4 Å². The minimum Gasteiger partial charge on any atom is -0.479 e. The zero-order valence-corrected chi connectivity index (χ0v) is 23.7. The predicted octanol–water partition coefficient (Wildman–Crippen LogP) is 2.48. The number of nitrogens with zero attached hydrogens (tertiary/aromatic N) is 3. The van der Waals surface area contributed by atoms with Crippen molar-refractivity contribution >= 4 is 61.1 Å². The second-order valence-corrected chi connectivity index (χ2v) is 12.0. The Bertz CT molecular complexity index is 1500.